The molecule has 1 saturated heterocycles. The summed E-state index contributed by atoms with van der Waals surface area (Å²) in [6, 6.07) is 8.96. The van der Waals surface area contributed by atoms with Crippen molar-refractivity contribution in [2.75, 3.05) is 19.8 Å². The van der Waals surface area contributed by atoms with Gasteiger partial charge in [0.2, 0.25) is 0 Å². The maximum Gasteiger partial charge on any atom is 0.120 e. The van der Waals surface area contributed by atoms with Gasteiger partial charge in [0.25, 0.3) is 0 Å². The molecule has 0 bridgehead atoms. The van der Waals surface area contributed by atoms with E-state index in [9.17, 15) is 0 Å². The zero-order valence-corrected chi connectivity index (χ0v) is 12.7. The predicted molar refractivity (Wildman–Crippen MR) is 82.2 cm³/mol. The molecule has 0 aliphatic carbocycles. The van der Waals surface area contributed by atoms with E-state index in [4.69, 9.17) is 9.47 Å². The SMILES string of the molecule is CCCNC(CC)c1cccc(OC2CCOCC2)c1. The maximum atomic E-state index is 6.09. The highest BCUT2D eigenvalue weighted by Gasteiger charge is 2.16. The van der Waals surface area contributed by atoms with Gasteiger partial charge in [-0.1, -0.05) is 26.0 Å². The van der Waals surface area contributed by atoms with E-state index >= 15 is 0 Å². The van der Waals surface area contributed by atoms with Crippen LogP contribution in [0.1, 0.15) is 51.1 Å². The zero-order valence-electron chi connectivity index (χ0n) is 12.7. The molecule has 3 heteroatoms. The van der Waals surface area contributed by atoms with Crippen LogP contribution in [0.3, 0.4) is 0 Å². The van der Waals surface area contributed by atoms with Crippen LogP contribution in [0.4, 0.5) is 0 Å². The number of rotatable bonds is 7. The number of hydrogen-bond donors (Lipinski definition) is 1. The summed E-state index contributed by atoms with van der Waals surface area (Å²) < 4.78 is 11.5. The number of nitrogens with one attached hydrogen (secondary N) is 1. The smallest absolute Gasteiger partial charge is 0.120 e. The molecule has 1 N–H and O–H groups in total. The fraction of sp³-hybridized carbons (Fsp3) is 0.647. The van der Waals surface area contributed by atoms with Crippen molar-refractivity contribution in [3.63, 3.8) is 0 Å². The molecule has 20 heavy (non-hydrogen) atoms. The highest BCUT2D eigenvalue weighted by molar-refractivity contribution is 5.30. The lowest BCUT2D eigenvalue weighted by atomic mass is 10.0. The van der Waals surface area contributed by atoms with Crippen LogP contribution in [0.25, 0.3) is 0 Å². The Morgan fingerprint density at radius 1 is 1.30 bits per heavy atom. The summed E-state index contributed by atoms with van der Waals surface area (Å²) in [5.41, 5.74) is 1.32. The maximum absolute atomic E-state index is 6.09. The zero-order chi connectivity index (χ0) is 14.2. The lowest BCUT2D eigenvalue weighted by molar-refractivity contribution is 0.0255. The van der Waals surface area contributed by atoms with E-state index in [1.807, 2.05) is 0 Å². The summed E-state index contributed by atoms with van der Waals surface area (Å²) in [5, 5.41) is 3.59. The Kier molecular flexibility index (Phi) is 6.34. The van der Waals surface area contributed by atoms with E-state index in [-0.39, 0.29) is 0 Å². The van der Waals surface area contributed by atoms with Gasteiger partial charge in [-0.05, 0) is 37.1 Å². The topological polar surface area (TPSA) is 30.5 Å². The Bertz CT molecular complexity index is 388. The van der Waals surface area contributed by atoms with E-state index < -0.39 is 0 Å². The molecular weight excluding hydrogens is 250 g/mol. The first-order valence-corrected chi connectivity index (χ1v) is 7.91. The fourth-order valence-corrected chi connectivity index (χ4v) is 2.61. The van der Waals surface area contributed by atoms with Crippen LogP contribution >= 0.6 is 0 Å². The molecule has 0 radical (unpaired) electrons. The van der Waals surface area contributed by atoms with Crippen molar-refractivity contribution in [2.24, 2.45) is 0 Å². The average Bonchev–Trinajstić information content (AvgIpc) is 2.49. The van der Waals surface area contributed by atoms with Crippen LogP contribution in [0, 0.1) is 0 Å². The highest BCUT2D eigenvalue weighted by atomic mass is 16.5. The Balaban J connectivity index is 1.98. The molecule has 2 rings (SSSR count). The van der Waals surface area contributed by atoms with E-state index in [1.54, 1.807) is 0 Å². The van der Waals surface area contributed by atoms with Gasteiger partial charge in [-0.15, -0.1) is 0 Å². The van der Waals surface area contributed by atoms with E-state index in [2.05, 4.69) is 43.4 Å². The predicted octanol–water partition coefficient (Wildman–Crippen LogP) is 3.70. The molecule has 1 fully saturated rings. The van der Waals surface area contributed by atoms with Gasteiger partial charge in [0, 0.05) is 18.9 Å². The first-order chi connectivity index (χ1) is 9.83. The Labute approximate surface area is 122 Å². The Hall–Kier alpha value is -1.06. The third-order valence-corrected chi connectivity index (χ3v) is 3.78. The van der Waals surface area contributed by atoms with Crippen LogP contribution in [-0.4, -0.2) is 25.9 Å². The Morgan fingerprint density at radius 3 is 2.80 bits per heavy atom. The first kappa shape index (κ1) is 15.3. The molecular formula is C17H27NO2. The summed E-state index contributed by atoms with van der Waals surface area (Å²) in [4.78, 5) is 0. The van der Waals surface area contributed by atoms with Gasteiger partial charge >= 0.3 is 0 Å². The fourth-order valence-electron chi connectivity index (χ4n) is 2.61. The van der Waals surface area contributed by atoms with E-state index in [0.29, 0.717) is 12.1 Å². The van der Waals surface area contributed by atoms with Crippen LogP contribution in [0.5, 0.6) is 5.75 Å². The molecule has 3 nitrogen and oxygen atoms in total. The van der Waals surface area contributed by atoms with Gasteiger partial charge in [0.1, 0.15) is 11.9 Å². The third kappa shape index (κ3) is 4.50. The van der Waals surface area contributed by atoms with Crippen molar-refractivity contribution in [3.05, 3.63) is 29.8 Å². The molecule has 1 aliphatic heterocycles. The van der Waals surface area contributed by atoms with Gasteiger partial charge in [0.05, 0.1) is 13.2 Å². The lowest BCUT2D eigenvalue weighted by Crippen LogP contribution is -2.26. The molecule has 1 atom stereocenters. The monoisotopic (exact) mass is 277 g/mol. The van der Waals surface area contributed by atoms with Gasteiger partial charge in [-0.3, -0.25) is 0 Å². The molecule has 0 spiro atoms. The van der Waals surface area contributed by atoms with Crippen molar-refractivity contribution in [2.45, 2.75) is 51.7 Å². The summed E-state index contributed by atoms with van der Waals surface area (Å²) in [7, 11) is 0. The molecule has 112 valence electrons. The summed E-state index contributed by atoms with van der Waals surface area (Å²) in [5.74, 6) is 0.992. The number of hydrogen-bond acceptors (Lipinski definition) is 3. The van der Waals surface area contributed by atoms with Crippen LogP contribution in [0.2, 0.25) is 0 Å². The largest absolute Gasteiger partial charge is 0.490 e. The minimum Gasteiger partial charge on any atom is -0.490 e. The minimum absolute atomic E-state index is 0.308. The quantitative estimate of drug-likeness (QED) is 0.824. The van der Waals surface area contributed by atoms with Gasteiger partial charge in [-0.2, -0.15) is 0 Å². The summed E-state index contributed by atoms with van der Waals surface area (Å²) in [6.45, 7) is 7.12. The third-order valence-electron chi connectivity index (χ3n) is 3.78. The summed E-state index contributed by atoms with van der Waals surface area (Å²) in [6.07, 6.45) is 4.56. The molecule has 1 aromatic rings. The number of ether oxygens (including phenoxy) is 2. The molecule has 0 amide bonds. The normalized spacial score (nSPS) is 17.9. The van der Waals surface area contributed by atoms with E-state index in [1.165, 1.54) is 5.56 Å². The van der Waals surface area contributed by atoms with Crippen molar-refractivity contribution in [3.8, 4) is 5.75 Å². The second-order valence-electron chi connectivity index (χ2n) is 5.42. The summed E-state index contributed by atoms with van der Waals surface area (Å²) >= 11 is 0. The minimum atomic E-state index is 0.308. The average molecular weight is 277 g/mol. The second kappa shape index (κ2) is 8.28. The van der Waals surface area contributed by atoms with Crippen LogP contribution in [0.15, 0.2) is 24.3 Å². The van der Waals surface area contributed by atoms with Crippen molar-refractivity contribution >= 4 is 0 Å². The molecule has 1 unspecified atom stereocenters. The first-order valence-electron chi connectivity index (χ1n) is 7.91. The van der Waals surface area contributed by atoms with Crippen molar-refractivity contribution < 1.29 is 9.47 Å². The van der Waals surface area contributed by atoms with Crippen LogP contribution in [-0.2, 0) is 4.74 Å². The Morgan fingerprint density at radius 2 is 2.10 bits per heavy atom. The standard InChI is InChI=1S/C17H27NO2/c1-3-10-18-17(4-2)14-6-5-7-16(13-14)20-15-8-11-19-12-9-15/h5-7,13,15,17-18H,3-4,8-12H2,1-2H3. The molecule has 0 saturated carbocycles. The molecule has 1 heterocycles. The lowest BCUT2D eigenvalue weighted by Gasteiger charge is -2.24. The molecule has 0 aromatic heterocycles. The molecule has 1 aromatic carbocycles. The van der Waals surface area contributed by atoms with E-state index in [0.717, 1.165) is 51.2 Å². The molecule has 1 aliphatic rings. The number of benzene rings is 1. The second-order valence-corrected chi connectivity index (χ2v) is 5.42. The van der Waals surface area contributed by atoms with Gasteiger partial charge in [-0.25, -0.2) is 0 Å². The van der Waals surface area contributed by atoms with Gasteiger partial charge in [0.15, 0.2) is 0 Å². The van der Waals surface area contributed by atoms with Crippen molar-refractivity contribution in [1.82, 2.24) is 5.32 Å². The van der Waals surface area contributed by atoms with Crippen molar-refractivity contribution in [1.29, 1.82) is 0 Å². The highest BCUT2D eigenvalue weighted by Crippen LogP contribution is 2.24. The van der Waals surface area contributed by atoms with Crippen LogP contribution < -0.4 is 10.1 Å². The van der Waals surface area contributed by atoms with Gasteiger partial charge < -0.3 is 14.8 Å².